The second-order valence-electron chi connectivity index (χ2n) is 4.77. The molecule has 2 aromatic rings. The van der Waals surface area contributed by atoms with Gasteiger partial charge in [0.05, 0.1) is 11.0 Å². The molecule has 4 heteroatoms. The summed E-state index contributed by atoms with van der Waals surface area (Å²) in [6.07, 6.45) is 1.07. The fourth-order valence-corrected chi connectivity index (χ4v) is 2.56. The van der Waals surface area contributed by atoms with Gasteiger partial charge >= 0.3 is 0 Å². The van der Waals surface area contributed by atoms with Crippen LogP contribution in [0.2, 0.25) is 0 Å². The number of hydrogen-bond donors (Lipinski definition) is 3. The zero-order valence-electron chi connectivity index (χ0n) is 11.3. The lowest BCUT2D eigenvalue weighted by Crippen LogP contribution is -2.30. The van der Waals surface area contributed by atoms with Crippen LogP contribution in [0.5, 0.6) is 0 Å². The quantitative estimate of drug-likeness (QED) is 0.757. The van der Waals surface area contributed by atoms with Crippen LogP contribution in [-0.4, -0.2) is 23.6 Å². The molecule has 0 radical (unpaired) electrons. The molecule has 2 rings (SSSR count). The molecule has 18 heavy (non-hydrogen) atoms. The van der Waals surface area contributed by atoms with Crippen molar-refractivity contribution in [2.45, 2.75) is 26.3 Å². The second kappa shape index (κ2) is 5.50. The molecule has 0 amide bonds. The third kappa shape index (κ3) is 2.40. The number of nitrogens with zero attached hydrogens (tertiary/aromatic N) is 1. The maximum absolute atomic E-state index is 5.85. The van der Waals surface area contributed by atoms with E-state index in [2.05, 4.69) is 40.4 Å². The lowest BCUT2D eigenvalue weighted by molar-refractivity contribution is 0.378. The molecule has 0 fully saturated rings. The van der Waals surface area contributed by atoms with Gasteiger partial charge in [-0.05, 0) is 44.1 Å². The summed E-state index contributed by atoms with van der Waals surface area (Å²) in [6.45, 7) is 4.85. The van der Waals surface area contributed by atoms with Crippen LogP contribution in [0.15, 0.2) is 18.2 Å². The number of nitrogens with one attached hydrogen (secondary N) is 2. The Labute approximate surface area is 108 Å². The predicted octanol–water partition coefficient (Wildman–Crippen LogP) is 2.12. The van der Waals surface area contributed by atoms with Gasteiger partial charge in [-0.1, -0.05) is 19.4 Å². The first-order valence-electron chi connectivity index (χ1n) is 6.53. The molecule has 98 valence electrons. The maximum atomic E-state index is 5.85. The fourth-order valence-electron chi connectivity index (χ4n) is 2.56. The molecule has 0 bridgehead atoms. The van der Waals surface area contributed by atoms with Gasteiger partial charge < -0.3 is 16.0 Å². The van der Waals surface area contributed by atoms with Crippen LogP contribution < -0.4 is 11.1 Å². The molecular weight excluding hydrogens is 224 g/mol. The molecule has 4 nitrogen and oxygen atoms in total. The molecule has 0 saturated carbocycles. The summed E-state index contributed by atoms with van der Waals surface area (Å²) in [5.74, 6) is 1.41. The van der Waals surface area contributed by atoms with Gasteiger partial charge in [0, 0.05) is 6.04 Å². The largest absolute Gasteiger partial charge is 0.342 e. The van der Waals surface area contributed by atoms with Gasteiger partial charge in [0.1, 0.15) is 5.82 Å². The van der Waals surface area contributed by atoms with E-state index < -0.39 is 0 Å². The highest BCUT2D eigenvalue weighted by atomic mass is 14.9. The summed E-state index contributed by atoms with van der Waals surface area (Å²) in [5.41, 5.74) is 9.24. The summed E-state index contributed by atoms with van der Waals surface area (Å²) >= 11 is 0. The summed E-state index contributed by atoms with van der Waals surface area (Å²) < 4.78 is 0. The Morgan fingerprint density at radius 2 is 2.22 bits per heavy atom. The fraction of sp³-hybridized carbons (Fsp3) is 0.500. The van der Waals surface area contributed by atoms with Crippen molar-refractivity contribution < 1.29 is 0 Å². The van der Waals surface area contributed by atoms with Crippen LogP contribution in [0, 0.1) is 12.8 Å². The zero-order valence-corrected chi connectivity index (χ0v) is 11.3. The average molecular weight is 246 g/mol. The Kier molecular flexibility index (Phi) is 3.99. The first-order chi connectivity index (χ1) is 8.69. The molecule has 1 heterocycles. The van der Waals surface area contributed by atoms with E-state index in [-0.39, 0.29) is 0 Å². The third-order valence-corrected chi connectivity index (χ3v) is 3.59. The molecule has 1 aromatic carbocycles. The molecule has 1 aromatic heterocycles. The van der Waals surface area contributed by atoms with Crippen LogP contribution in [0.1, 0.15) is 30.8 Å². The van der Waals surface area contributed by atoms with Gasteiger partial charge in [-0.2, -0.15) is 0 Å². The van der Waals surface area contributed by atoms with E-state index in [4.69, 9.17) is 5.73 Å². The number of hydrogen-bond acceptors (Lipinski definition) is 3. The second-order valence-corrected chi connectivity index (χ2v) is 4.77. The zero-order chi connectivity index (χ0) is 13.1. The molecule has 2 unspecified atom stereocenters. The summed E-state index contributed by atoms with van der Waals surface area (Å²) in [7, 11) is 1.99. The molecule has 0 aliphatic carbocycles. The number of rotatable bonds is 5. The van der Waals surface area contributed by atoms with Crippen molar-refractivity contribution in [2.24, 2.45) is 11.7 Å². The number of aromatic amines is 1. The number of H-pyrrole nitrogens is 1. The number of benzene rings is 1. The normalized spacial score (nSPS) is 14.9. The molecule has 0 spiro atoms. The number of nitrogens with two attached hydrogens (primary N) is 1. The summed E-state index contributed by atoms with van der Waals surface area (Å²) in [6, 6.07) is 6.69. The Balaban J connectivity index is 2.38. The van der Waals surface area contributed by atoms with Crippen molar-refractivity contribution in [1.82, 2.24) is 15.3 Å². The highest BCUT2D eigenvalue weighted by Gasteiger charge is 2.19. The van der Waals surface area contributed by atoms with E-state index in [9.17, 15) is 0 Å². The third-order valence-electron chi connectivity index (χ3n) is 3.59. The molecule has 0 aliphatic heterocycles. The molecule has 0 aliphatic rings. The number of imidazole rings is 1. The van der Waals surface area contributed by atoms with Gasteiger partial charge in [0.2, 0.25) is 0 Å². The van der Waals surface area contributed by atoms with Crippen LogP contribution in [-0.2, 0) is 0 Å². The number of fused-ring (bicyclic) bond motifs is 1. The van der Waals surface area contributed by atoms with Crippen LogP contribution >= 0.6 is 0 Å². The average Bonchev–Trinajstić information content (AvgIpc) is 2.74. The monoisotopic (exact) mass is 246 g/mol. The molecular formula is C14H22N4. The topological polar surface area (TPSA) is 66.7 Å². The van der Waals surface area contributed by atoms with Crippen molar-refractivity contribution in [3.63, 3.8) is 0 Å². The van der Waals surface area contributed by atoms with Gasteiger partial charge in [0.15, 0.2) is 0 Å². The standard InChI is InChI=1S/C14H22N4/c1-4-10(8-15)14(16-3)11-5-6-12-13(7-11)18-9(2)17-12/h5-7,10,14,16H,4,8,15H2,1-3H3,(H,17,18). The van der Waals surface area contributed by atoms with Crippen molar-refractivity contribution in [1.29, 1.82) is 0 Å². The minimum absolute atomic E-state index is 0.299. The van der Waals surface area contributed by atoms with Crippen LogP contribution in [0.3, 0.4) is 0 Å². The van der Waals surface area contributed by atoms with Crippen molar-refractivity contribution in [3.8, 4) is 0 Å². The Morgan fingerprint density at radius 3 is 2.83 bits per heavy atom. The minimum Gasteiger partial charge on any atom is -0.342 e. The van der Waals surface area contributed by atoms with E-state index in [1.165, 1.54) is 5.56 Å². The van der Waals surface area contributed by atoms with Crippen LogP contribution in [0.4, 0.5) is 0 Å². The first kappa shape index (κ1) is 13.1. The molecule has 2 atom stereocenters. The number of aryl methyl sites for hydroxylation is 1. The van der Waals surface area contributed by atoms with E-state index in [0.29, 0.717) is 18.5 Å². The highest BCUT2D eigenvalue weighted by Crippen LogP contribution is 2.26. The summed E-state index contributed by atoms with van der Waals surface area (Å²) in [4.78, 5) is 7.71. The van der Waals surface area contributed by atoms with E-state index in [1.807, 2.05) is 14.0 Å². The Morgan fingerprint density at radius 1 is 1.44 bits per heavy atom. The van der Waals surface area contributed by atoms with Crippen molar-refractivity contribution in [2.75, 3.05) is 13.6 Å². The van der Waals surface area contributed by atoms with E-state index in [1.54, 1.807) is 0 Å². The maximum Gasteiger partial charge on any atom is 0.104 e. The minimum atomic E-state index is 0.299. The molecule has 0 saturated heterocycles. The van der Waals surface area contributed by atoms with Crippen molar-refractivity contribution in [3.05, 3.63) is 29.6 Å². The highest BCUT2D eigenvalue weighted by molar-refractivity contribution is 5.76. The summed E-state index contributed by atoms with van der Waals surface area (Å²) in [5, 5.41) is 3.38. The number of aromatic nitrogens is 2. The van der Waals surface area contributed by atoms with Crippen molar-refractivity contribution >= 4 is 11.0 Å². The van der Waals surface area contributed by atoms with E-state index >= 15 is 0 Å². The van der Waals surface area contributed by atoms with Crippen LogP contribution in [0.25, 0.3) is 11.0 Å². The lowest BCUT2D eigenvalue weighted by Gasteiger charge is -2.25. The van der Waals surface area contributed by atoms with E-state index in [0.717, 1.165) is 23.3 Å². The Bertz CT molecular complexity index is 513. The lowest BCUT2D eigenvalue weighted by atomic mass is 9.91. The smallest absolute Gasteiger partial charge is 0.104 e. The van der Waals surface area contributed by atoms with Gasteiger partial charge in [-0.15, -0.1) is 0 Å². The SMILES string of the molecule is CCC(CN)C(NC)c1ccc2nc(C)[nH]c2c1. The molecule has 4 N–H and O–H groups in total. The van der Waals surface area contributed by atoms with Gasteiger partial charge in [0.25, 0.3) is 0 Å². The van der Waals surface area contributed by atoms with Gasteiger partial charge in [-0.25, -0.2) is 4.98 Å². The predicted molar refractivity (Wildman–Crippen MR) is 75.5 cm³/mol. The Hall–Kier alpha value is -1.39. The van der Waals surface area contributed by atoms with Gasteiger partial charge in [-0.3, -0.25) is 0 Å². The first-order valence-corrected chi connectivity index (χ1v) is 6.53.